The van der Waals surface area contributed by atoms with Gasteiger partial charge in [-0.2, -0.15) is 0 Å². The molecule has 0 unspecified atom stereocenters. The number of fused-ring (bicyclic) bond motifs is 1. The number of hydrogen-bond acceptors (Lipinski definition) is 3. The van der Waals surface area contributed by atoms with Gasteiger partial charge in [-0.3, -0.25) is 9.59 Å². The minimum Gasteiger partial charge on any atom is -0.352 e. The summed E-state index contributed by atoms with van der Waals surface area (Å²) in [5.74, 6) is 0.143. The van der Waals surface area contributed by atoms with Gasteiger partial charge in [-0.15, -0.1) is 0 Å². The van der Waals surface area contributed by atoms with E-state index in [1.54, 1.807) is 4.90 Å². The lowest BCUT2D eigenvalue weighted by Gasteiger charge is -2.18. The summed E-state index contributed by atoms with van der Waals surface area (Å²) in [7, 11) is 0. The monoisotopic (exact) mass is 317 g/mol. The summed E-state index contributed by atoms with van der Waals surface area (Å²) in [4.78, 5) is 25.6. The lowest BCUT2D eigenvalue weighted by Crippen LogP contribution is -2.30. The van der Waals surface area contributed by atoms with Gasteiger partial charge in [0.15, 0.2) is 0 Å². The zero-order chi connectivity index (χ0) is 16.7. The molecular weight excluding hydrogens is 290 g/mol. The Balaban J connectivity index is 1.68. The van der Waals surface area contributed by atoms with Gasteiger partial charge in [0.1, 0.15) is 0 Å². The highest BCUT2D eigenvalue weighted by Gasteiger charge is 2.12. The number of nitrogens with zero attached hydrogens (tertiary/aromatic N) is 1. The molecule has 2 amide bonds. The van der Waals surface area contributed by atoms with Crippen molar-refractivity contribution in [3.8, 4) is 0 Å². The first-order chi connectivity index (χ1) is 11.1. The van der Waals surface area contributed by atoms with E-state index in [9.17, 15) is 9.59 Å². The molecule has 0 aromatic heterocycles. The molecule has 0 spiro atoms. The molecule has 0 saturated carbocycles. The maximum atomic E-state index is 11.9. The van der Waals surface area contributed by atoms with Crippen molar-refractivity contribution in [2.75, 3.05) is 13.1 Å². The first-order valence-electron chi connectivity index (χ1n) is 8.49. The van der Waals surface area contributed by atoms with Crippen molar-refractivity contribution in [1.29, 1.82) is 0 Å². The molecule has 0 saturated heterocycles. The fourth-order valence-electron chi connectivity index (χ4n) is 2.88. The Morgan fingerprint density at radius 3 is 2.61 bits per heavy atom. The smallest absolute Gasteiger partial charge is 0.222 e. The molecule has 0 atom stereocenters. The van der Waals surface area contributed by atoms with E-state index >= 15 is 0 Å². The van der Waals surface area contributed by atoms with Crippen molar-refractivity contribution >= 4 is 11.8 Å². The van der Waals surface area contributed by atoms with Crippen LogP contribution >= 0.6 is 0 Å². The highest BCUT2D eigenvalue weighted by molar-refractivity contribution is 5.78. The van der Waals surface area contributed by atoms with E-state index in [1.165, 1.54) is 11.1 Å². The van der Waals surface area contributed by atoms with E-state index in [-0.39, 0.29) is 11.8 Å². The molecule has 0 aliphatic carbocycles. The van der Waals surface area contributed by atoms with Gasteiger partial charge in [0.25, 0.3) is 0 Å². The van der Waals surface area contributed by atoms with Gasteiger partial charge >= 0.3 is 0 Å². The van der Waals surface area contributed by atoms with Crippen LogP contribution < -0.4 is 10.6 Å². The summed E-state index contributed by atoms with van der Waals surface area (Å²) in [6, 6.07) is 6.34. The van der Waals surface area contributed by atoms with E-state index in [2.05, 4.69) is 28.8 Å². The van der Waals surface area contributed by atoms with Gasteiger partial charge in [0.2, 0.25) is 11.8 Å². The molecule has 23 heavy (non-hydrogen) atoms. The summed E-state index contributed by atoms with van der Waals surface area (Å²) < 4.78 is 0. The largest absolute Gasteiger partial charge is 0.352 e. The molecule has 1 aliphatic heterocycles. The average Bonchev–Trinajstić information content (AvgIpc) is 3.01. The molecule has 5 heteroatoms. The van der Waals surface area contributed by atoms with Crippen molar-refractivity contribution in [3.05, 3.63) is 34.9 Å². The third-order valence-corrected chi connectivity index (χ3v) is 4.30. The van der Waals surface area contributed by atoms with Crippen LogP contribution in [0, 0.1) is 0 Å². The van der Waals surface area contributed by atoms with Gasteiger partial charge in [-0.05, 0) is 37.0 Å². The molecule has 1 aromatic rings. The predicted molar refractivity (Wildman–Crippen MR) is 90.6 cm³/mol. The summed E-state index contributed by atoms with van der Waals surface area (Å²) in [5, 5.41) is 6.25. The summed E-state index contributed by atoms with van der Waals surface area (Å²) in [6.45, 7) is 7.80. The predicted octanol–water partition coefficient (Wildman–Crippen LogP) is 1.94. The fraction of sp³-hybridized carbons (Fsp3) is 0.556. The van der Waals surface area contributed by atoms with Crippen LogP contribution in [0.25, 0.3) is 0 Å². The van der Waals surface area contributed by atoms with Crippen molar-refractivity contribution in [1.82, 2.24) is 15.5 Å². The van der Waals surface area contributed by atoms with E-state index in [0.717, 1.165) is 31.7 Å². The van der Waals surface area contributed by atoms with E-state index < -0.39 is 0 Å². The number of amides is 2. The molecule has 0 radical (unpaired) electrons. The average molecular weight is 317 g/mol. The maximum Gasteiger partial charge on any atom is 0.222 e. The summed E-state index contributed by atoms with van der Waals surface area (Å²) in [5.41, 5.74) is 3.79. The zero-order valence-electron chi connectivity index (χ0n) is 14.2. The molecular formula is C18H27N3O2. The van der Waals surface area contributed by atoms with Crippen molar-refractivity contribution < 1.29 is 9.59 Å². The molecule has 1 aromatic carbocycles. The van der Waals surface area contributed by atoms with Crippen LogP contribution in [0.5, 0.6) is 0 Å². The Kier molecular flexibility index (Phi) is 6.59. The standard InChI is InChI=1S/C18H27N3O2/c1-3-21(4-2)18(23)7-5-6-17(22)20-11-14-8-9-15-12-19-13-16(15)10-14/h8-10,19H,3-7,11-13H2,1-2H3,(H,20,22). The number of carbonyl (C=O) groups excluding carboxylic acids is 2. The topological polar surface area (TPSA) is 61.4 Å². The van der Waals surface area contributed by atoms with E-state index in [0.29, 0.717) is 25.8 Å². The molecule has 1 heterocycles. The minimum absolute atomic E-state index is 0.0102. The van der Waals surface area contributed by atoms with Crippen molar-refractivity contribution in [2.24, 2.45) is 0 Å². The number of hydrogen-bond donors (Lipinski definition) is 2. The summed E-state index contributed by atoms with van der Waals surface area (Å²) >= 11 is 0. The van der Waals surface area contributed by atoms with Crippen LogP contribution in [0.4, 0.5) is 0 Å². The van der Waals surface area contributed by atoms with Gasteiger partial charge in [-0.25, -0.2) is 0 Å². The fourth-order valence-corrected chi connectivity index (χ4v) is 2.88. The lowest BCUT2D eigenvalue weighted by atomic mass is 10.1. The van der Waals surface area contributed by atoms with Crippen LogP contribution in [0.15, 0.2) is 18.2 Å². The molecule has 2 N–H and O–H groups in total. The van der Waals surface area contributed by atoms with Crippen LogP contribution in [0.3, 0.4) is 0 Å². The number of benzene rings is 1. The molecule has 2 rings (SSSR count). The van der Waals surface area contributed by atoms with Gasteiger partial charge in [-0.1, -0.05) is 18.2 Å². The minimum atomic E-state index is 0.0102. The first-order valence-corrected chi connectivity index (χ1v) is 8.49. The van der Waals surface area contributed by atoms with Gasteiger partial charge in [0.05, 0.1) is 0 Å². The molecule has 0 bridgehead atoms. The van der Waals surface area contributed by atoms with E-state index in [4.69, 9.17) is 0 Å². The third kappa shape index (κ3) is 5.06. The van der Waals surface area contributed by atoms with Crippen LogP contribution in [0.1, 0.15) is 49.8 Å². The molecule has 0 fully saturated rings. The van der Waals surface area contributed by atoms with Gasteiger partial charge in [0, 0.05) is 45.6 Å². The second-order valence-electron chi connectivity index (χ2n) is 5.90. The van der Waals surface area contributed by atoms with Gasteiger partial charge < -0.3 is 15.5 Å². The maximum absolute atomic E-state index is 11.9. The van der Waals surface area contributed by atoms with Crippen molar-refractivity contribution in [3.63, 3.8) is 0 Å². The Labute approximate surface area is 138 Å². The Morgan fingerprint density at radius 2 is 1.87 bits per heavy atom. The first kappa shape index (κ1) is 17.5. The quantitative estimate of drug-likeness (QED) is 0.770. The second kappa shape index (κ2) is 8.67. The third-order valence-electron chi connectivity index (χ3n) is 4.30. The zero-order valence-corrected chi connectivity index (χ0v) is 14.2. The number of carbonyl (C=O) groups is 2. The SMILES string of the molecule is CCN(CC)C(=O)CCCC(=O)NCc1ccc2c(c1)CNC2. The Bertz CT molecular complexity index is 553. The molecule has 126 valence electrons. The molecule has 5 nitrogen and oxygen atoms in total. The highest BCUT2D eigenvalue weighted by Crippen LogP contribution is 2.16. The van der Waals surface area contributed by atoms with Crippen LogP contribution in [-0.2, 0) is 29.2 Å². The van der Waals surface area contributed by atoms with Crippen LogP contribution in [0.2, 0.25) is 0 Å². The number of nitrogens with one attached hydrogen (secondary N) is 2. The normalized spacial score (nSPS) is 12.8. The van der Waals surface area contributed by atoms with Crippen molar-refractivity contribution in [2.45, 2.75) is 52.7 Å². The molecule has 1 aliphatic rings. The Morgan fingerprint density at radius 1 is 1.13 bits per heavy atom. The highest BCUT2D eigenvalue weighted by atomic mass is 16.2. The van der Waals surface area contributed by atoms with E-state index in [1.807, 2.05) is 13.8 Å². The lowest BCUT2D eigenvalue weighted by molar-refractivity contribution is -0.131. The van der Waals surface area contributed by atoms with Crippen LogP contribution in [-0.4, -0.2) is 29.8 Å². The Hall–Kier alpha value is -1.88. The second-order valence-corrected chi connectivity index (χ2v) is 5.90. The number of rotatable bonds is 8. The summed E-state index contributed by atoms with van der Waals surface area (Å²) in [6.07, 6.45) is 1.45.